The first kappa shape index (κ1) is 28.4. The Hall–Kier alpha value is -4.63. The Morgan fingerprint density at radius 2 is 1.77 bits per heavy atom. The Balaban J connectivity index is 1.57. The van der Waals surface area contributed by atoms with Crippen molar-refractivity contribution >= 4 is 23.7 Å². The lowest BCUT2D eigenvalue weighted by atomic mass is 10.0. The van der Waals surface area contributed by atoms with Gasteiger partial charge in [0.1, 0.15) is 11.6 Å². The normalized spacial score (nSPS) is 13.9. The largest absolute Gasteiger partial charge is 0.465 e. The molecule has 1 aromatic carbocycles. The van der Waals surface area contributed by atoms with E-state index in [0.29, 0.717) is 6.07 Å². The molecule has 3 amide bonds. The molecule has 16 heteroatoms. The molecule has 0 fully saturated rings. The summed E-state index contributed by atoms with van der Waals surface area (Å²) in [6.07, 6.45) is -6.26. The number of benzene rings is 1. The Morgan fingerprint density at radius 1 is 1.05 bits per heavy atom. The van der Waals surface area contributed by atoms with Gasteiger partial charge in [0.15, 0.2) is 17.3 Å². The Morgan fingerprint density at radius 3 is 2.42 bits per heavy atom. The third-order valence-corrected chi connectivity index (χ3v) is 6.04. The SMILES string of the molecule is O=C(O)N[C@@H](CC(=O)N1CCn2c(C(F)(F)F)nc(C(=O)Nc3ccccn3)c2C1)Cc1cc(F)c(F)cc1F. The van der Waals surface area contributed by atoms with Crippen molar-refractivity contribution in [3.8, 4) is 0 Å². The van der Waals surface area contributed by atoms with E-state index >= 15 is 0 Å². The summed E-state index contributed by atoms with van der Waals surface area (Å²) in [6.45, 7) is -1.10. The topological polar surface area (TPSA) is 129 Å². The van der Waals surface area contributed by atoms with E-state index in [1.165, 1.54) is 12.3 Å². The molecule has 3 N–H and O–H groups in total. The maximum atomic E-state index is 14.1. The standard InChI is InChI=1S/C24H20F6N6O4/c25-14-10-16(27)15(26)8-12(14)7-13(32-23(39)40)9-19(37)35-5-6-36-17(11-35)20(34-22(36)24(28,29)30)21(38)33-18-3-1-2-4-31-18/h1-4,8,10,13,32H,5-7,9,11H2,(H,39,40)(H,31,33,38)/t13-/m1/s1. The van der Waals surface area contributed by atoms with Crippen molar-refractivity contribution < 1.29 is 45.8 Å². The van der Waals surface area contributed by atoms with Gasteiger partial charge in [-0.15, -0.1) is 0 Å². The highest BCUT2D eigenvalue weighted by Gasteiger charge is 2.42. The number of alkyl halides is 3. The van der Waals surface area contributed by atoms with Crippen molar-refractivity contribution in [2.75, 3.05) is 11.9 Å². The Kier molecular flexibility index (Phi) is 7.97. The van der Waals surface area contributed by atoms with Crippen molar-refractivity contribution in [1.82, 2.24) is 24.8 Å². The van der Waals surface area contributed by atoms with Crippen LogP contribution in [0.4, 0.5) is 37.0 Å². The van der Waals surface area contributed by atoms with Gasteiger partial charge in [0, 0.05) is 37.8 Å². The number of halogens is 6. The van der Waals surface area contributed by atoms with Crippen LogP contribution in [-0.4, -0.2) is 55.0 Å². The first-order chi connectivity index (χ1) is 18.8. The summed E-state index contributed by atoms with van der Waals surface area (Å²) in [6, 6.07) is 4.04. The minimum atomic E-state index is -4.91. The van der Waals surface area contributed by atoms with Gasteiger partial charge in [-0.25, -0.2) is 27.9 Å². The Labute approximate surface area is 221 Å². The molecule has 10 nitrogen and oxygen atoms in total. The summed E-state index contributed by atoms with van der Waals surface area (Å²) < 4.78 is 82.8. The van der Waals surface area contributed by atoms with E-state index in [2.05, 4.69) is 15.3 Å². The molecular weight excluding hydrogens is 550 g/mol. The monoisotopic (exact) mass is 570 g/mol. The number of hydrogen-bond donors (Lipinski definition) is 3. The number of pyridine rings is 1. The second kappa shape index (κ2) is 11.2. The number of rotatable bonds is 7. The number of hydrogen-bond acceptors (Lipinski definition) is 5. The quantitative estimate of drug-likeness (QED) is 0.294. The second-order valence-electron chi connectivity index (χ2n) is 8.78. The molecular formula is C24H20F6N6O4. The zero-order chi connectivity index (χ0) is 29.2. The van der Waals surface area contributed by atoms with E-state index in [-0.39, 0.29) is 30.7 Å². The van der Waals surface area contributed by atoms with Gasteiger partial charge in [0.05, 0.1) is 12.2 Å². The van der Waals surface area contributed by atoms with E-state index in [0.717, 1.165) is 9.47 Å². The van der Waals surface area contributed by atoms with Crippen molar-refractivity contribution in [2.24, 2.45) is 0 Å². The molecule has 3 heterocycles. The summed E-state index contributed by atoms with van der Waals surface area (Å²) >= 11 is 0. The molecule has 1 atom stereocenters. The van der Waals surface area contributed by atoms with Crippen molar-refractivity contribution in [3.63, 3.8) is 0 Å². The molecule has 0 saturated carbocycles. The predicted molar refractivity (Wildman–Crippen MR) is 124 cm³/mol. The van der Waals surface area contributed by atoms with Crippen LogP contribution in [0.3, 0.4) is 0 Å². The fraction of sp³-hybridized carbons (Fsp3) is 0.292. The van der Waals surface area contributed by atoms with Crippen LogP contribution in [0.5, 0.6) is 0 Å². The van der Waals surface area contributed by atoms with Crippen LogP contribution in [0, 0.1) is 17.5 Å². The fourth-order valence-corrected chi connectivity index (χ4v) is 4.27. The lowest BCUT2D eigenvalue weighted by Crippen LogP contribution is -2.44. The third kappa shape index (κ3) is 6.32. The molecule has 0 spiro atoms. The number of carboxylic acid groups (broad SMARTS) is 1. The maximum absolute atomic E-state index is 14.1. The van der Waals surface area contributed by atoms with E-state index in [4.69, 9.17) is 5.11 Å². The molecule has 0 aliphatic carbocycles. The lowest BCUT2D eigenvalue weighted by molar-refractivity contribution is -0.148. The number of aromatic nitrogens is 3. The van der Waals surface area contributed by atoms with Crippen molar-refractivity contribution in [1.29, 1.82) is 0 Å². The van der Waals surface area contributed by atoms with E-state index in [1.54, 1.807) is 12.1 Å². The van der Waals surface area contributed by atoms with Crippen LogP contribution >= 0.6 is 0 Å². The molecule has 3 aromatic rings. The highest BCUT2D eigenvalue weighted by molar-refractivity contribution is 6.03. The molecule has 0 radical (unpaired) electrons. The van der Waals surface area contributed by atoms with Crippen LogP contribution in [-0.2, 0) is 30.5 Å². The van der Waals surface area contributed by atoms with Gasteiger partial charge in [-0.05, 0) is 30.2 Å². The molecule has 1 aliphatic rings. The van der Waals surface area contributed by atoms with Crippen LogP contribution in [0.25, 0.3) is 0 Å². The summed E-state index contributed by atoms with van der Waals surface area (Å²) in [5, 5.41) is 13.5. The van der Waals surface area contributed by atoms with E-state index in [1.807, 2.05) is 5.32 Å². The van der Waals surface area contributed by atoms with Gasteiger partial charge in [0.25, 0.3) is 5.91 Å². The molecule has 40 heavy (non-hydrogen) atoms. The average molecular weight is 570 g/mol. The summed E-state index contributed by atoms with van der Waals surface area (Å²) in [7, 11) is 0. The number of amides is 3. The van der Waals surface area contributed by atoms with Gasteiger partial charge in [-0.3, -0.25) is 9.59 Å². The van der Waals surface area contributed by atoms with Crippen LogP contribution in [0.1, 0.15) is 34.0 Å². The zero-order valence-electron chi connectivity index (χ0n) is 20.3. The number of fused-ring (bicyclic) bond motifs is 1. The summed E-state index contributed by atoms with van der Waals surface area (Å²) in [4.78, 5) is 45.6. The fourth-order valence-electron chi connectivity index (χ4n) is 4.27. The number of anilines is 1. The van der Waals surface area contributed by atoms with Gasteiger partial charge in [-0.1, -0.05) is 6.07 Å². The van der Waals surface area contributed by atoms with Gasteiger partial charge in [-0.2, -0.15) is 13.2 Å². The molecule has 1 aliphatic heterocycles. The van der Waals surface area contributed by atoms with Crippen LogP contribution < -0.4 is 10.6 Å². The highest BCUT2D eigenvalue weighted by atomic mass is 19.4. The number of imidazole rings is 1. The zero-order valence-corrected chi connectivity index (χ0v) is 20.3. The molecule has 212 valence electrons. The van der Waals surface area contributed by atoms with Gasteiger partial charge in [0.2, 0.25) is 11.7 Å². The first-order valence-corrected chi connectivity index (χ1v) is 11.6. The molecule has 2 aromatic heterocycles. The molecule has 0 unspecified atom stereocenters. The summed E-state index contributed by atoms with van der Waals surface area (Å²) in [5.41, 5.74) is -1.19. The minimum Gasteiger partial charge on any atom is -0.465 e. The highest BCUT2D eigenvalue weighted by Crippen LogP contribution is 2.33. The minimum absolute atomic E-state index is 0.0543. The number of nitrogens with zero attached hydrogens (tertiary/aromatic N) is 4. The third-order valence-electron chi connectivity index (χ3n) is 6.04. The molecule has 0 bridgehead atoms. The van der Waals surface area contributed by atoms with Gasteiger partial charge < -0.3 is 25.2 Å². The first-order valence-electron chi connectivity index (χ1n) is 11.6. The molecule has 4 rings (SSSR count). The average Bonchev–Trinajstić information content (AvgIpc) is 3.27. The predicted octanol–water partition coefficient (Wildman–Crippen LogP) is 3.58. The van der Waals surface area contributed by atoms with E-state index in [9.17, 15) is 40.7 Å². The maximum Gasteiger partial charge on any atom is 0.449 e. The number of carbonyl (C=O) groups excluding carboxylic acids is 2. The second-order valence-corrected chi connectivity index (χ2v) is 8.78. The lowest BCUT2D eigenvalue weighted by Gasteiger charge is -2.31. The van der Waals surface area contributed by atoms with Crippen molar-refractivity contribution in [2.45, 2.75) is 38.1 Å². The van der Waals surface area contributed by atoms with Crippen LogP contribution in [0.15, 0.2) is 36.5 Å². The van der Waals surface area contributed by atoms with E-state index < -0.39 is 84.0 Å². The van der Waals surface area contributed by atoms with Crippen LogP contribution in [0.2, 0.25) is 0 Å². The molecule has 0 saturated heterocycles. The number of carbonyl (C=O) groups is 3. The van der Waals surface area contributed by atoms with Gasteiger partial charge >= 0.3 is 12.3 Å². The Bertz CT molecular complexity index is 1450. The number of nitrogens with one attached hydrogen (secondary N) is 2. The van der Waals surface area contributed by atoms with Crippen molar-refractivity contribution in [3.05, 3.63) is 76.8 Å². The smallest absolute Gasteiger partial charge is 0.449 e. The summed E-state index contributed by atoms with van der Waals surface area (Å²) in [5.74, 6) is -7.01.